The van der Waals surface area contributed by atoms with E-state index in [4.69, 9.17) is 0 Å². The molecule has 11 aromatic carbocycles. The molecule has 1 aromatic heterocycles. The van der Waals surface area contributed by atoms with Gasteiger partial charge < -0.3 is 9.47 Å². The van der Waals surface area contributed by atoms with Crippen molar-refractivity contribution in [2.45, 2.75) is 0 Å². The van der Waals surface area contributed by atoms with Gasteiger partial charge in [-0.1, -0.05) is 164 Å². The first kappa shape index (κ1) is 34.1. The van der Waals surface area contributed by atoms with Gasteiger partial charge in [-0.3, -0.25) is 0 Å². The summed E-state index contributed by atoms with van der Waals surface area (Å²) in [5.74, 6) is 0. The molecule has 0 spiro atoms. The summed E-state index contributed by atoms with van der Waals surface area (Å²) in [6.45, 7) is 0. The zero-order chi connectivity index (χ0) is 39.6. The standard InChI is InChI=1S/C58H38N2/c1-4-17-43(18-5-1)59(44-19-6-2-7-20-44)46-32-28-39(29-33-46)54-37-42-16-10-11-23-47(42)58-57(54)53-35-31-41(38-56(53)60(58)45-21-8-3-9-22-45)40-30-34-52-50-26-13-12-24-48(50)49-25-14-15-27-51(49)55(52)36-40/h1-38H. The van der Waals surface area contributed by atoms with Crippen LogP contribution >= 0.6 is 0 Å². The summed E-state index contributed by atoms with van der Waals surface area (Å²) in [7, 11) is 0. The number of hydrogen-bond donors (Lipinski definition) is 0. The van der Waals surface area contributed by atoms with E-state index in [1.807, 2.05) is 0 Å². The summed E-state index contributed by atoms with van der Waals surface area (Å²) in [4.78, 5) is 2.32. The average Bonchev–Trinajstić information content (AvgIpc) is 3.67. The summed E-state index contributed by atoms with van der Waals surface area (Å²) in [5.41, 5.74) is 11.7. The molecule has 280 valence electrons. The molecule has 0 amide bonds. The van der Waals surface area contributed by atoms with Crippen molar-refractivity contribution in [2.75, 3.05) is 4.90 Å². The second-order valence-electron chi connectivity index (χ2n) is 15.7. The summed E-state index contributed by atoms with van der Waals surface area (Å²) in [6, 6.07) is 84.2. The molecular weight excluding hydrogens is 725 g/mol. The Bertz CT molecular complexity index is 3490. The van der Waals surface area contributed by atoms with E-state index >= 15 is 0 Å². The molecule has 2 nitrogen and oxygen atoms in total. The lowest BCUT2D eigenvalue weighted by atomic mass is 9.91. The Morgan fingerprint density at radius 2 is 0.750 bits per heavy atom. The number of para-hydroxylation sites is 3. The van der Waals surface area contributed by atoms with E-state index in [1.54, 1.807) is 0 Å². The lowest BCUT2D eigenvalue weighted by molar-refractivity contribution is 1.19. The maximum atomic E-state index is 2.49. The van der Waals surface area contributed by atoms with Gasteiger partial charge in [-0.05, 0) is 127 Å². The maximum absolute atomic E-state index is 2.49. The first-order valence-corrected chi connectivity index (χ1v) is 20.7. The Labute approximate surface area is 348 Å². The summed E-state index contributed by atoms with van der Waals surface area (Å²) < 4.78 is 2.49. The van der Waals surface area contributed by atoms with Gasteiger partial charge in [0.25, 0.3) is 0 Å². The molecule has 0 atom stereocenters. The third-order valence-corrected chi connectivity index (χ3v) is 12.3. The van der Waals surface area contributed by atoms with Crippen molar-refractivity contribution in [2.24, 2.45) is 0 Å². The van der Waals surface area contributed by atoms with Crippen LogP contribution < -0.4 is 4.90 Å². The third-order valence-electron chi connectivity index (χ3n) is 12.3. The molecule has 12 aromatic rings. The highest BCUT2D eigenvalue weighted by molar-refractivity contribution is 6.27. The molecule has 0 aliphatic heterocycles. The molecule has 0 fully saturated rings. The number of benzene rings is 11. The minimum atomic E-state index is 1.11. The molecular formula is C58H38N2. The molecule has 60 heavy (non-hydrogen) atoms. The second-order valence-corrected chi connectivity index (χ2v) is 15.7. The fourth-order valence-corrected chi connectivity index (χ4v) is 9.61. The van der Waals surface area contributed by atoms with Gasteiger partial charge in [0.05, 0.1) is 11.0 Å². The number of nitrogens with zero attached hydrogens (tertiary/aromatic N) is 2. The largest absolute Gasteiger partial charge is 0.311 e. The zero-order valence-electron chi connectivity index (χ0n) is 32.8. The number of hydrogen-bond acceptors (Lipinski definition) is 1. The van der Waals surface area contributed by atoms with E-state index < -0.39 is 0 Å². The smallest absolute Gasteiger partial charge is 0.0625 e. The van der Waals surface area contributed by atoms with Crippen LogP contribution in [0.1, 0.15) is 0 Å². The highest BCUT2D eigenvalue weighted by atomic mass is 15.1. The predicted molar refractivity (Wildman–Crippen MR) is 256 cm³/mol. The van der Waals surface area contributed by atoms with Crippen molar-refractivity contribution in [1.29, 1.82) is 0 Å². The molecule has 0 saturated heterocycles. The Balaban J connectivity index is 1.09. The lowest BCUT2D eigenvalue weighted by Crippen LogP contribution is -2.09. The quantitative estimate of drug-likeness (QED) is 0.153. The number of anilines is 3. The number of rotatable bonds is 6. The van der Waals surface area contributed by atoms with E-state index in [2.05, 4.69) is 240 Å². The van der Waals surface area contributed by atoms with Gasteiger partial charge in [0, 0.05) is 38.9 Å². The Kier molecular flexibility index (Phi) is 7.89. The first-order valence-electron chi connectivity index (χ1n) is 20.7. The maximum Gasteiger partial charge on any atom is 0.0625 e. The number of aromatic nitrogens is 1. The second kappa shape index (κ2) is 13.9. The monoisotopic (exact) mass is 762 g/mol. The van der Waals surface area contributed by atoms with Gasteiger partial charge in [-0.2, -0.15) is 0 Å². The topological polar surface area (TPSA) is 8.17 Å². The highest BCUT2D eigenvalue weighted by Gasteiger charge is 2.21. The van der Waals surface area contributed by atoms with Crippen LogP contribution in [-0.2, 0) is 0 Å². The normalized spacial score (nSPS) is 11.7. The van der Waals surface area contributed by atoms with Crippen LogP contribution in [0.4, 0.5) is 17.1 Å². The fraction of sp³-hybridized carbons (Fsp3) is 0. The van der Waals surface area contributed by atoms with Crippen molar-refractivity contribution in [1.82, 2.24) is 4.57 Å². The molecule has 2 heteroatoms. The van der Waals surface area contributed by atoms with E-state index in [1.165, 1.54) is 87.1 Å². The lowest BCUT2D eigenvalue weighted by Gasteiger charge is -2.25. The van der Waals surface area contributed by atoms with Gasteiger partial charge in [-0.25, -0.2) is 0 Å². The van der Waals surface area contributed by atoms with E-state index in [9.17, 15) is 0 Å². The highest BCUT2D eigenvalue weighted by Crippen LogP contribution is 2.45. The van der Waals surface area contributed by atoms with E-state index in [0.29, 0.717) is 0 Å². The molecule has 0 bridgehead atoms. The molecule has 0 unspecified atom stereocenters. The van der Waals surface area contributed by atoms with Crippen LogP contribution in [0.5, 0.6) is 0 Å². The first-order chi connectivity index (χ1) is 29.8. The third kappa shape index (κ3) is 5.42. The summed E-state index contributed by atoms with van der Waals surface area (Å²) in [6.07, 6.45) is 0. The molecule has 1 heterocycles. The number of fused-ring (bicyclic) bond motifs is 11. The van der Waals surface area contributed by atoms with Crippen LogP contribution in [0.2, 0.25) is 0 Å². The van der Waals surface area contributed by atoms with Crippen LogP contribution in [0, 0.1) is 0 Å². The minimum absolute atomic E-state index is 1.11. The van der Waals surface area contributed by atoms with E-state index in [0.717, 1.165) is 22.7 Å². The SMILES string of the molecule is c1ccc(N(c2ccccc2)c2ccc(-c3cc4ccccc4c4c3c3ccc(-c5ccc6c7ccccc7c7ccccc7c6c5)cc3n4-c3ccccc3)cc2)cc1. The molecule has 0 saturated carbocycles. The van der Waals surface area contributed by atoms with Crippen LogP contribution in [0.25, 0.3) is 92.8 Å². The Hall–Kier alpha value is -7.94. The zero-order valence-corrected chi connectivity index (χ0v) is 32.8. The van der Waals surface area contributed by atoms with Crippen molar-refractivity contribution in [3.05, 3.63) is 231 Å². The molecule has 0 radical (unpaired) electrons. The van der Waals surface area contributed by atoms with Gasteiger partial charge in [0.2, 0.25) is 0 Å². The molecule has 0 N–H and O–H groups in total. The van der Waals surface area contributed by atoms with Crippen LogP contribution in [0.15, 0.2) is 231 Å². The van der Waals surface area contributed by atoms with Gasteiger partial charge >= 0.3 is 0 Å². The predicted octanol–water partition coefficient (Wildman–Crippen LogP) is 16.2. The molecule has 12 rings (SSSR count). The summed E-state index contributed by atoms with van der Waals surface area (Å²) >= 11 is 0. The molecule has 0 aliphatic rings. The average molecular weight is 763 g/mol. The van der Waals surface area contributed by atoms with E-state index in [-0.39, 0.29) is 0 Å². The van der Waals surface area contributed by atoms with Gasteiger partial charge in [0.1, 0.15) is 0 Å². The van der Waals surface area contributed by atoms with Gasteiger partial charge in [-0.15, -0.1) is 0 Å². The van der Waals surface area contributed by atoms with Crippen molar-refractivity contribution in [3.8, 4) is 27.9 Å². The summed E-state index contributed by atoms with van der Waals surface area (Å²) in [5, 5.41) is 12.7. The Morgan fingerprint density at radius 3 is 1.37 bits per heavy atom. The van der Waals surface area contributed by atoms with Gasteiger partial charge in [0.15, 0.2) is 0 Å². The molecule has 0 aliphatic carbocycles. The Morgan fingerprint density at radius 1 is 0.300 bits per heavy atom. The van der Waals surface area contributed by atoms with Crippen molar-refractivity contribution >= 4 is 82.0 Å². The van der Waals surface area contributed by atoms with Crippen LogP contribution in [-0.4, -0.2) is 4.57 Å². The van der Waals surface area contributed by atoms with Crippen molar-refractivity contribution < 1.29 is 0 Å². The minimum Gasteiger partial charge on any atom is -0.311 e. The van der Waals surface area contributed by atoms with Crippen LogP contribution in [0.3, 0.4) is 0 Å². The van der Waals surface area contributed by atoms with Crippen molar-refractivity contribution in [3.63, 3.8) is 0 Å². The fourth-order valence-electron chi connectivity index (χ4n) is 9.61.